The molecule has 3 nitrogen and oxygen atoms in total. The van der Waals surface area contributed by atoms with Gasteiger partial charge in [-0.15, -0.1) is 0 Å². The van der Waals surface area contributed by atoms with E-state index in [4.69, 9.17) is 9.47 Å². The maximum absolute atomic E-state index is 11.9. The van der Waals surface area contributed by atoms with Crippen LogP contribution in [0, 0.1) is 13.8 Å². The van der Waals surface area contributed by atoms with Gasteiger partial charge in [0.25, 0.3) is 0 Å². The summed E-state index contributed by atoms with van der Waals surface area (Å²) in [4.78, 5) is 11.9. The fourth-order valence-electron chi connectivity index (χ4n) is 1.65. The Morgan fingerprint density at radius 3 is 2.65 bits per heavy atom. The van der Waals surface area contributed by atoms with Gasteiger partial charge >= 0.3 is 0 Å². The number of Topliss-reactive ketones (excluding diaryl/α,β-unsaturated/α-hetero) is 1. The van der Waals surface area contributed by atoms with Crippen molar-refractivity contribution in [2.75, 3.05) is 13.7 Å². The Hall–Kier alpha value is -1.19. The van der Waals surface area contributed by atoms with Gasteiger partial charge in [0, 0.05) is 19.1 Å². The second kappa shape index (κ2) is 6.52. The first-order chi connectivity index (χ1) is 8.04. The lowest BCUT2D eigenvalue weighted by Crippen LogP contribution is -2.14. The molecule has 94 valence electrons. The summed E-state index contributed by atoms with van der Waals surface area (Å²) in [7, 11) is 1.58. The highest BCUT2D eigenvalue weighted by atomic mass is 16.7. The lowest BCUT2D eigenvalue weighted by molar-refractivity contribution is -0.109. The van der Waals surface area contributed by atoms with E-state index in [-0.39, 0.29) is 12.1 Å². The van der Waals surface area contributed by atoms with Crippen LogP contribution < -0.4 is 0 Å². The number of benzene rings is 1. The van der Waals surface area contributed by atoms with Crippen molar-refractivity contribution in [3.8, 4) is 0 Å². The van der Waals surface area contributed by atoms with Crippen LogP contribution in [-0.4, -0.2) is 25.8 Å². The smallest absolute Gasteiger partial charge is 0.165 e. The number of carbonyl (C=O) groups is 1. The number of hydrogen-bond donors (Lipinski definition) is 0. The molecule has 0 spiro atoms. The zero-order chi connectivity index (χ0) is 12.8. The average Bonchev–Trinajstić information content (AvgIpc) is 2.28. The molecule has 0 aliphatic heterocycles. The maximum Gasteiger partial charge on any atom is 0.165 e. The Bertz CT molecular complexity index is 385. The molecule has 0 aliphatic carbocycles. The third-order valence-electron chi connectivity index (χ3n) is 2.70. The standard InChI is InChI=1S/C14H20O3/c1-10-5-6-13(11(2)9-10)14(15)7-8-17-12(3)16-4/h5-6,9,12H,7-8H2,1-4H3. The van der Waals surface area contributed by atoms with Gasteiger partial charge < -0.3 is 9.47 Å². The van der Waals surface area contributed by atoms with Crippen LogP contribution in [0.1, 0.15) is 34.8 Å². The minimum absolute atomic E-state index is 0.116. The molecule has 0 aliphatic rings. The van der Waals surface area contributed by atoms with E-state index < -0.39 is 0 Å². The van der Waals surface area contributed by atoms with E-state index in [0.29, 0.717) is 13.0 Å². The van der Waals surface area contributed by atoms with Crippen molar-refractivity contribution in [2.24, 2.45) is 0 Å². The van der Waals surface area contributed by atoms with Gasteiger partial charge in [0.2, 0.25) is 0 Å². The number of ether oxygens (including phenoxy) is 2. The molecule has 0 fully saturated rings. The van der Waals surface area contributed by atoms with Crippen LogP contribution in [0.4, 0.5) is 0 Å². The predicted octanol–water partition coefficient (Wildman–Crippen LogP) is 2.89. The molecule has 0 bridgehead atoms. The lowest BCUT2D eigenvalue weighted by atomic mass is 10.0. The van der Waals surface area contributed by atoms with E-state index in [9.17, 15) is 4.79 Å². The Kier molecular flexibility index (Phi) is 5.32. The van der Waals surface area contributed by atoms with Crippen LogP contribution in [0.25, 0.3) is 0 Å². The van der Waals surface area contributed by atoms with Crippen molar-refractivity contribution >= 4 is 5.78 Å². The topological polar surface area (TPSA) is 35.5 Å². The summed E-state index contributed by atoms with van der Waals surface area (Å²) >= 11 is 0. The minimum Gasteiger partial charge on any atom is -0.356 e. The Balaban J connectivity index is 2.52. The van der Waals surface area contributed by atoms with E-state index in [1.165, 1.54) is 5.56 Å². The summed E-state index contributed by atoms with van der Waals surface area (Å²) in [6.45, 7) is 6.17. The third kappa shape index (κ3) is 4.29. The molecular formula is C14H20O3. The van der Waals surface area contributed by atoms with Crippen LogP contribution in [-0.2, 0) is 9.47 Å². The summed E-state index contributed by atoms with van der Waals surface area (Å²) in [5.74, 6) is 0.116. The molecule has 0 amide bonds. The van der Waals surface area contributed by atoms with Gasteiger partial charge in [0.1, 0.15) is 0 Å². The van der Waals surface area contributed by atoms with Gasteiger partial charge in [-0.25, -0.2) is 0 Å². The van der Waals surface area contributed by atoms with Crippen LogP contribution in [0.2, 0.25) is 0 Å². The van der Waals surface area contributed by atoms with E-state index in [1.807, 2.05) is 39.0 Å². The van der Waals surface area contributed by atoms with Crippen LogP contribution >= 0.6 is 0 Å². The minimum atomic E-state index is -0.262. The number of hydrogen-bond acceptors (Lipinski definition) is 3. The highest BCUT2D eigenvalue weighted by molar-refractivity contribution is 5.97. The fourth-order valence-corrected chi connectivity index (χ4v) is 1.65. The molecule has 0 aromatic heterocycles. The average molecular weight is 236 g/mol. The van der Waals surface area contributed by atoms with Gasteiger partial charge in [-0.3, -0.25) is 4.79 Å². The summed E-state index contributed by atoms with van der Waals surface area (Å²) in [6.07, 6.45) is 0.124. The zero-order valence-corrected chi connectivity index (χ0v) is 10.9. The van der Waals surface area contributed by atoms with Crippen molar-refractivity contribution in [2.45, 2.75) is 33.5 Å². The molecule has 17 heavy (non-hydrogen) atoms. The van der Waals surface area contributed by atoms with E-state index in [2.05, 4.69) is 0 Å². The van der Waals surface area contributed by atoms with Gasteiger partial charge in [0.05, 0.1) is 6.61 Å². The van der Waals surface area contributed by atoms with Crippen molar-refractivity contribution < 1.29 is 14.3 Å². The Labute approximate surface area is 103 Å². The first-order valence-electron chi connectivity index (χ1n) is 5.79. The molecule has 0 N–H and O–H groups in total. The summed E-state index contributed by atoms with van der Waals surface area (Å²) in [5, 5.41) is 0. The fraction of sp³-hybridized carbons (Fsp3) is 0.500. The van der Waals surface area contributed by atoms with Crippen molar-refractivity contribution in [1.29, 1.82) is 0 Å². The first kappa shape index (κ1) is 13.9. The van der Waals surface area contributed by atoms with Gasteiger partial charge in [-0.2, -0.15) is 0 Å². The van der Waals surface area contributed by atoms with Crippen LogP contribution in [0.5, 0.6) is 0 Å². The van der Waals surface area contributed by atoms with E-state index in [1.54, 1.807) is 7.11 Å². The largest absolute Gasteiger partial charge is 0.356 e. The molecule has 0 heterocycles. The SMILES string of the molecule is COC(C)OCCC(=O)c1ccc(C)cc1C. The van der Waals surface area contributed by atoms with Gasteiger partial charge in [-0.05, 0) is 26.3 Å². The predicted molar refractivity (Wildman–Crippen MR) is 67.3 cm³/mol. The molecule has 1 aromatic rings. The van der Waals surface area contributed by atoms with Crippen molar-refractivity contribution in [1.82, 2.24) is 0 Å². The maximum atomic E-state index is 11.9. The number of methoxy groups -OCH3 is 1. The molecule has 1 atom stereocenters. The third-order valence-corrected chi connectivity index (χ3v) is 2.70. The lowest BCUT2D eigenvalue weighted by Gasteiger charge is -2.11. The molecule has 0 saturated carbocycles. The summed E-state index contributed by atoms with van der Waals surface area (Å²) < 4.78 is 10.2. The Morgan fingerprint density at radius 1 is 1.35 bits per heavy atom. The molecular weight excluding hydrogens is 216 g/mol. The zero-order valence-electron chi connectivity index (χ0n) is 10.9. The molecule has 0 saturated heterocycles. The van der Waals surface area contributed by atoms with E-state index >= 15 is 0 Å². The van der Waals surface area contributed by atoms with Gasteiger partial charge in [0.15, 0.2) is 12.1 Å². The van der Waals surface area contributed by atoms with Crippen molar-refractivity contribution in [3.63, 3.8) is 0 Å². The highest BCUT2D eigenvalue weighted by Gasteiger charge is 2.09. The number of ketones is 1. The normalized spacial score (nSPS) is 12.5. The molecule has 3 heteroatoms. The summed E-state index contributed by atoms with van der Waals surface area (Å²) in [6, 6.07) is 5.86. The monoisotopic (exact) mass is 236 g/mol. The second-order valence-corrected chi connectivity index (χ2v) is 4.17. The van der Waals surface area contributed by atoms with Crippen LogP contribution in [0.15, 0.2) is 18.2 Å². The van der Waals surface area contributed by atoms with Gasteiger partial charge in [-0.1, -0.05) is 23.8 Å². The molecule has 1 aromatic carbocycles. The number of rotatable bonds is 6. The highest BCUT2D eigenvalue weighted by Crippen LogP contribution is 2.12. The van der Waals surface area contributed by atoms with Crippen molar-refractivity contribution in [3.05, 3.63) is 34.9 Å². The number of aryl methyl sites for hydroxylation is 2. The first-order valence-corrected chi connectivity index (χ1v) is 5.79. The quantitative estimate of drug-likeness (QED) is 0.563. The second-order valence-electron chi connectivity index (χ2n) is 4.17. The summed E-state index contributed by atoms with van der Waals surface area (Å²) in [5.41, 5.74) is 2.97. The molecule has 1 unspecified atom stereocenters. The molecule has 1 rings (SSSR count). The molecule has 0 radical (unpaired) electrons. The number of carbonyl (C=O) groups excluding carboxylic acids is 1. The van der Waals surface area contributed by atoms with Crippen LogP contribution in [0.3, 0.4) is 0 Å². The Morgan fingerprint density at radius 2 is 2.06 bits per heavy atom. The van der Waals surface area contributed by atoms with E-state index in [0.717, 1.165) is 11.1 Å².